The van der Waals surface area contributed by atoms with Gasteiger partial charge in [-0.1, -0.05) is 6.07 Å². The number of rotatable bonds is 7. The van der Waals surface area contributed by atoms with E-state index in [9.17, 15) is 4.79 Å². The summed E-state index contributed by atoms with van der Waals surface area (Å²) in [7, 11) is 0. The van der Waals surface area contributed by atoms with Gasteiger partial charge in [-0.15, -0.1) is 0 Å². The molecule has 0 radical (unpaired) electrons. The minimum atomic E-state index is -0.285. The van der Waals surface area contributed by atoms with Crippen LogP contribution in [0.25, 0.3) is 0 Å². The molecule has 0 bridgehead atoms. The molecule has 0 aromatic heterocycles. The fraction of sp³-hybridized carbons (Fsp3) is 0.381. The minimum absolute atomic E-state index is 0. The van der Waals surface area contributed by atoms with Gasteiger partial charge >= 0.3 is 6.03 Å². The lowest BCUT2D eigenvalue weighted by atomic mass is 10.1. The Labute approximate surface area is 168 Å². The largest absolute Gasteiger partial charge is 1.00 e. The third-order valence-corrected chi connectivity index (χ3v) is 4.54. The molecule has 2 aromatic rings. The number of ether oxygens (including phenoxy) is 1. The molecule has 148 valence electrons. The lowest BCUT2D eigenvalue weighted by Gasteiger charge is -2.22. The summed E-state index contributed by atoms with van der Waals surface area (Å²) < 4.78 is 5.58. The number of carbonyl (C=O) groups is 1. The first-order valence-corrected chi connectivity index (χ1v) is 9.05. The molecule has 0 aliphatic carbocycles. The van der Waals surface area contributed by atoms with E-state index in [4.69, 9.17) is 4.74 Å². The highest BCUT2D eigenvalue weighted by Crippen LogP contribution is 2.22. The first-order chi connectivity index (χ1) is 12.4. The Morgan fingerprint density at radius 1 is 0.963 bits per heavy atom. The Bertz CT molecular complexity index is 761. The van der Waals surface area contributed by atoms with Crippen molar-refractivity contribution in [2.75, 3.05) is 30.0 Å². The predicted octanol–water partition coefficient (Wildman–Crippen LogP) is 1.62. The number of hydrogen-bond acceptors (Lipinski definition) is 3. The second kappa shape index (κ2) is 10.7. The Kier molecular flexibility index (Phi) is 8.95. The van der Waals surface area contributed by atoms with E-state index in [0.29, 0.717) is 0 Å². The van der Waals surface area contributed by atoms with Gasteiger partial charge in [0.1, 0.15) is 5.75 Å². The highest BCUT2D eigenvalue weighted by Gasteiger charge is 2.08. The van der Waals surface area contributed by atoms with Crippen LogP contribution >= 0.6 is 0 Å². The number of carbonyl (C=O) groups excluding carboxylic acids is 1. The molecule has 0 saturated carbocycles. The number of aryl methyl sites for hydroxylation is 3. The molecule has 0 saturated heterocycles. The monoisotopic (exact) mass is 390 g/mol. The summed E-state index contributed by atoms with van der Waals surface area (Å²) in [6, 6.07) is 11.6. The lowest BCUT2D eigenvalue weighted by molar-refractivity contribution is -0.00000959. The molecule has 5 nitrogen and oxygen atoms in total. The molecule has 0 aliphatic rings. The van der Waals surface area contributed by atoms with E-state index in [0.717, 1.165) is 41.3 Å². The van der Waals surface area contributed by atoms with Crippen LogP contribution in [0.2, 0.25) is 0 Å². The van der Waals surface area contributed by atoms with Gasteiger partial charge in [-0.3, -0.25) is 0 Å². The topological polar surface area (TPSA) is 53.6 Å². The van der Waals surface area contributed by atoms with Gasteiger partial charge in [0.2, 0.25) is 0 Å². The van der Waals surface area contributed by atoms with Crippen molar-refractivity contribution >= 4 is 17.4 Å². The van der Waals surface area contributed by atoms with Crippen LogP contribution in [0.3, 0.4) is 0 Å². The summed E-state index contributed by atoms with van der Waals surface area (Å²) >= 11 is 0. The summed E-state index contributed by atoms with van der Waals surface area (Å²) in [5.74, 6) is 0.744. The average molecular weight is 391 g/mol. The highest BCUT2D eigenvalue weighted by atomic mass is 35.5. The molecule has 2 rings (SSSR count). The van der Waals surface area contributed by atoms with Gasteiger partial charge in [-0.2, -0.15) is 0 Å². The summed E-state index contributed by atoms with van der Waals surface area (Å²) in [6.45, 7) is 12.4. The van der Waals surface area contributed by atoms with E-state index in [2.05, 4.69) is 42.4 Å². The van der Waals surface area contributed by atoms with Crippen LogP contribution in [-0.4, -0.2) is 25.9 Å². The number of halogens is 1. The second-order valence-corrected chi connectivity index (χ2v) is 6.34. The maximum absolute atomic E-state index is 12.1. The fourth-order valence-electron chi connectivity index (χ4n) is 2.73. The van der Waals surface area contributed by atoms with Gasteiger partial charge in [0, 0.05) is 24.5 Å². The molecular weight excluding hydrogens is 362 g/mol. The second-order valence-electron chi connectivity index (χ2n) is 6.34. The highest BCUT2D eigenvalue weighted by molar-refractivity contribution is 5.90. The number of urea groups is 1. The molecule has 2 amide bonds. The summed E-state index contributed by atoms with van der Waals surface area (Å²) in [6.07, 6.45) is 0. The summed E-state index contributed by atoms with van der Waals surface area (Å²) in [5.41, 5.74) is 5.36. The minimum Gasteiger partial charge on any atom is -1.00 e. The summed E-state index contributed by atoms with van der Waals surface area (Å²) in [5, 5.41) is 5.59. The van der Waals surface area contributed by atoms with E-state index in [1.54, 1.807) is 0 Å². The Balaban J connectivity index is 0.00000364. The zero-order valence-corrected chi connectivity index (χ0v) is 17.5. The van der Waals surface area contributed by atoms with E-state index in [1.165, 1.54) is 5.56 Å². The van der Waals surface area contributed by atoms with Gasteiger partial charge in [0.05, 0.1) is 0 Å². The number of benzene rings is 2. The molecule has 2 N–H and O–H groups in total. The van der Waals surface area contributed by atoms with Crippen molar-refractivity contribution < 1.29 is 21.9 Å². The number of anilines is 2. The molecule has 0 aliphatic heterocycles. The predicted molar refractivity (Wildman–Crippen MR) is 108 cm³/mol. The van der Waals surface area contributed by atoms with Crippen LogP contribution in [0.1, 0.15) is 30.5 Å². The van der Waals surface area contributed by atoms with Crippen molar-refractivity contribution in [3.05, 3.63) is 53.1 Å². The first kappa shape index (κ1) is 22.6. The third kappa shape index (κ3) is 6.36. The van der Waals surface area contributed by atoms with E-state index in [1.807, 2.05) is 44.2 Å². The quantitative estimate of drug-likeness (QED) is 0.706. The van der Waals surface area contributed by atoms with Gasteiger partial charge < -0.3 is 32.7 Å². The van der Waals surface area contributed by atoms with Gasteiger partial charge in [-0.05, 0) is 81.6 Å². The van der Waals surface area contributed by atoms with Crippen molar-refractivity contribution in [1.29, 1.82) is 0 Å². The maximum atomic E-state index is 12.1. The average Bonchev–Trinajstić information content (AvgIpc) is 2.61. The van der Waals surface area contributed by atoms with Crippen molar-refractivity contribution in [3.63, 3.8) is 0 Å². The van der Waals surface area contributed by atoms with Crippen LogP contribution in [0.4, 0.5) is 16.2 Å². The first-order valence-electron chi connectivity index (χ1n) is 9.05. The van der Waals surface area contributed by atoms with Crippen LogP contribution < -0.4 is 32.7 Å². The standard InChI is InChI=1S/C21H29N3O2.ClH/c1-6-24(7-2)18-9-11-20(17(5)12-18)23-21(25)22-14-26-19-10-8-15(3)16(4)13-19;/h8-13H,6-7,14H2,1-5H3,(H2,22,23,25);1H/p-1. The number of nitrogens with zero attached hydrogens (tertiary/aromatic N) is 1. The van der Waals surface area contributed by atoms with Crippen molar-refractivity contribution in [2.45, 2.75) is 34.6 Å². The molecule has 6 heteroatoms. The van der Waals surface area contributed by atoms with Gasteiger partial charge in [0.25, 0.3) is 0 Å². The molecule has 0 spiro atoms. The van der Waals surface area contributed by atoms with Crippen molar-refractivity contribution in [2.24, 2.45) is 0 Å². The molecule has 0 heterocycles. The molecule has 27 heavy (non-hydrogen) atoms. The van der Waals surface area contributed by atoms with Gasteiger partial charge in [0.15, 0.2) is 6.73 Å². The molecular formula is C21H29ClN3O2-. The molecule has 0 fully saturated rings. The van der Waals surface area contributed by atoms with Crippen molar-refractivity contribution in [3.8, 4) is 5.75 Å². The van der Waals surface area contributed by atoms with Crippen LogP contribution in [0, 0.1) is 20.8 Å². The molecule has 0 atom stereocenters. The van der Waals surface area contributed by atoms with E-state index >= 15 is 0 Å². The zero-order valence-electron chi connectivity index (χ0n) is 16.7. The SMILES string of the molecule is CCN(CC)c1ccc(NC(=O)NCOc2ccc(C)c(C)c2)c(C)c1.[Cl-]. The van der Waals surface area contributed by atoms with Crippen LogP contribution in [0.5, 0.6) is 5.75 Å². The van der Waals surface area contributed by atoms with Crippen LogP contribution in [-0.2, 0) is 0 Å². The van der Waals surface area contributed by atoms with Crippen LogP contribution in [0.15, 0.2) is 36.4 Å². The van der Waals surface area contributed by atoms with E-state index in [-0.39, 0.29) is 25.2 Å². The lowest BCUT2D eigenvalue weighted by Crippen LogP contribution is -3.00. The third-order valence-electron chi connectivity index (χ3n) is 4.54. The zero-order chi connectivity index (χ0) is 19.1. The van der Waals surface area contributed by atoms with E-state index < -0.39 is 0 Å². The smallest absolute Gasteiger partial charge is 0.321 e. The number of amides is 2. The Morgan fingerprint density at radius 3 is 2.26 bits per heavy atom. The number of nitrogens with one attached hydrogen (secondary N) is 2. The maximum Gasteiger partial charge on any atom is 0.321 e. The Hall–Kier alpha value is -2.40. The molecule has 0 unspecified atom stereocenters. The van der Waals surface area contributed by atoms with Gasteiger partial charge in [-0.25, -0.2) is 4.79 Å². The Morgan fingerprint density at radius 2 is 1.67 bits per heavy atom. The molecule has 2 aromatic carbocycles. The number of hydrogen-bond donors (Lipinski definition) is 2. The fourth-order valence-corrected chi connectivity index (χ4v) is 2.73. The van der Waals surface area contributed by atoms with Crippen molar-refractivity contribution in [1.82, 2.24) is 5.32 Å². The summed E-state index contributed by atoms with van der Waals surface area (Å²) in [4.78, 5) is 14.4. The normalized spacial score (nSPS) is 9.96.